The van der Waals surface area contributed by atoms with Gasteiger partial charge in [-0.3, -0.25) is 15.8 Å². The molecule has 0 saturated heterocycles. The molecule has 0 radical (unpaired) electrons. The van der Waals surface area contributed by atoms with E-state index in [0.717, 1.165) is 0 Å². The quantitative estimate of drug-likeness (QED) is 0.413. The third-order valence-electron chi connectivity index (χ3n) is 5.02. The Morgan fingerprint density at radius 3 is 2.42 bits per heavy atom. The van der Waals surface area contributed by atoms with Crippen molar-refractivity contribution in [3.05, 3.63) is 39.9 Å². The van der Waals surface area contributed by atoms with Gasteiger partial charge in [0, 0.05) is 25.8 Å². The number of methoxy groups -OCH3 is 2. The summed E-state index contributed by atoms with van der Waals surface area (Å²) in [6.45, 7) is 0. The molecule has 0 aromatic heterocycles. The van der Waals surface area contributed by atoms with Gasteiger partial charge >= 0.3 is 5.91 Å². The Morgan fingerprint density at radius 2 is 1.92 bits per heavy atom. The van der Waals surface area contributed by atoms with Gasteiger partial charge in [-0.15, -0.1) is 0 Å². The van der Waals surface area contributed by atoms with Crippen LogP contribution in [0.25, 0.3) is 0 Å². The second-order valence-corrected chi connectivity index (χ2v) is 5.65. The van der Waals surface area contributed by atoms with E-state index in [4.69, 9.17) is 15.2 Å². The van der Waals surface area contributed by atoms with Crippen molar-refractivity contribution in [2.45, 2.75) is 11.8 Å². The Kier molecular flexibility index (Phi) is 3.14. The average molecular weight is 328 g/mol. The molecule has 1 saturated carbocycles. The fourth-order valence-electron chi connectivity index (χ4n) is 3.98. The number of nitrogens with one attached hydrogen (secondary N) is 1. The molecule has 0 unspecified atom stereocenters. The lowest BCUT2D eigenvalue weighted by atomic mass is 9.93. The molecule has 9 nitrogen and oxygen atoms in total. The van der Waals surface area contributed by atoms with Crippen molar-refractivity contribution in [2.24, 2.45) is 16.6 Å². The molecular formula is C15H14N5O4+. The first kappa shape index (κ1) is 15.9. The summed E-state index contributed by atoms with van der Waals surface area (Å²) in [6.07, 6.45) is 0. The number of para-hydroxylation sites is 1. The molecule has 1 aromatic carbocycles. The normalized spacial score (nSPS) is 32.2. The summed E-state index contributed by atoms with van der Waals surface area (Å²) in [5, 5.41) is 31.1. The first-order valence-corrected chi connectivity index (χ1v) is 6.99. The number of benzene rings is 1. The minimum atomic E-state index is -1.67. The molecule has 0 spiro atoms. The van der Waals surface area contributed by atoms with E-state index in [-0.39, 0.29) is 17.1 Å². The smallest absolute Gasteiger partial charge is 0.317 e. The molecule has 1 heterocycles. The molecule has 1 aliphatic carbocycles. The van der Waals surface area contributed by atoms with Crippen molar-refractivity contribution in [1.29, 1.82) is 10.5 Å². The second kappa shape index (κ2) is 4.74. The first-order chi connectivity index (χ1) is 11.4. The van der Waals surface area contributed by atoms with Crippen LogP contribution < -0.4 is 10.7 Å². The predicted octanol–water partition coefficient (Wildman–Crippen LogP) is -0.890. The summed E-state index contributed by atoms with van der Waals surface area (Å²) < 4.78 is 10.7. The zero-order valence-corrected chi connectivity index (χ0v) is 12.9. The summed E-state index contributed by atoms with van der Waals surface area (Å²) in [4.78, 5) is 13.5. The zero-order chi connectivity index (χ0) is 17.8. The van der Waals surface area contributed by atoms with Crippen molar-refractivity contribution in [1.82, 2.24) is 0 Å². The van der Waals surface area contributed by atoms with Crippen molar-refractivity contribution in [3.8, 4) is 12.1 Å². The molecule has 1 aliphatic heterocycles. The highest BCUT2D eigenvalue weighted by atomic mass is 16.7. The number of hydrogen-bond acceptors (Lipinski definition) is 7. The lowest BCUT2D eigenvalue weighted by Crippen LogP contribution is -2.90. The largest absolute Gasteiger partial charge is 0.342 e. The van der Waals surface area contributed by atoms with Crippen molar-refractivity contribution < 1.29 is 19.4 Å². The van der Waals surface area contributed by atoms with Crippen molar-refractivity contribution >= 4 is 11.5 Å². The number of nitrogens with zero attached hydrogens (tertiary/aromatic N) is 3. The molecule has 1 aromatic rings. The molecule has 122 valence electrons. The van der Waals surface area contributed by atoms with Gasteiger partial charge < -0.3 is 9.47 Å². The van der Waals surface area contributed by atoms with E-state index in [1.807, 2.05) is 0 Å². The maximum atomic E-state index is 11.4. The summed E-state index contributed by atoms with van der Waals surface area (Å²) in [5.74, 6) is -2.53. The number of ether oxygens (including phenoxy) is 2. The number of amidine groups is 1. The van der Waals surface area contributed by atoms with E-state index in [1.54, 1.807) is 6.07 Å². The van der Waals surface area contributed by atoms with Gasteiger partial charge in [-0.05, 0) is 0 Å². The number of fused-ring (bicyclic) bond motifs is 1. The number of rotatable bonds is 4. The van der Waals surface area contributed by atoms with Crippen LogP contribution >= 0.6 is 0 Å². The van der Waals surface area contributed by atoms with E-state index in [9.17, 15) is 20.6 Å². The SMILES string of the molecule is COC1(OC)[NH+]=C(N)[C@@]2(C#N)[C@@H](c3ccccc3[N+](=O)[O-])[C@@]12C#N. The summed E-state index contributed by atoms with van der Waals surface area (Å²) >= 11 is 0. The van der Waals surface area contributed by atoms with E-state index in [1.165, 1.54) is 32.4 Å². The van der Waals surface area contributed by atoms with Gasteiger partial charge in [0.15, 0.2) is 10.8 Å². The lowest BCUT2D eigenvalue weighted by molar-refractivity contribution is -0.687. The van der Waals surface area contributed by atoms with Gasteiger partial charge in [-0.25, -0.2) is 4.99 Å². The van der Waals surface area contributed by atoms with Crippen LogP contribution in [0, 0.1) is 43.6 Å². The molecule has 2 aliphatic rings. The first-order valence-electron chi connectivity index (χ1n) is 6.99. The standard InChI is InChI=1S/C15H13N5O4/c1-23-15(24-2)14(8-17)11(13(14,7-16)12(18)19-15)9-5-3-4-6-10(9)20(21)22/h3-6,11H,1-2H3,(H2,18,19)/p+1/t11-,13-,14-/m1/s1. The highest BCUT2D eigenvalue weighted by molar-refractivity contribution is 5.95. The van der Waals surface area contributed by atoms with Crippen LogP contribution in [0.5, 0.6) is 0 Å². The van der Waals surface area contributed by atoms with E-state index in [2.05, 4.69) is 17.1 Å². The molecule has 3 atom stereocenters. The highest BCUT2D eigenvalue weighted by Crippen LogP contribution is 2.79. The van der Waals surface area contributed by atoms with Crippen molar-refractivity contribution in [3.63, 3.8) is 0 Å². The summed E-state index contributed by atoms with van der Waals surface area (Å²) in [6, 6.07) is 10.1. The Hall–Kier alpha value is -3.01. The van der Waals surface area contributed by atoms with E-state index < -0.39 is 27.6 Å². The Balaban J connectivity index is 2.31. The molecule has 9 heteroatoms. The number of nitrogens with two attached hydrogens (primary N) is 1. The van der Waals surface area contributed by atoms with Crippen LogP contribution in [0.15, 0.2) is 24.3 Å². The Bertz CT molecular complexity index is 850. The van der Waals surface area contributed by atoms with Gasteiger partial charge in [0.2, 0.25) is 0 Å². The third kappa shape index (κ3) is 1.37. The number of nitro groups is 1. The topological polar surface area (TPSA) is 149 Å². The van der Waals surface area contributed by atoms with Gasteiger partial charge in [-0.2, -0.15) is 10.5 Å². The Labute approximate surface area is 137 Å². The fourth-order valence-corrected chi connectivity index (χ4v) is 3.98. The van der Waals surface area contributed by atoms with Crippen LogP contribution in [0.3, 0.4) is 0 Å². The van der Waals surface area contributed by atoms with Gasteiger partial charge in [-0.1, -0.05) is 18.2 Å². The maximum absolute atomic E-state index is 11.4. The molecule has 0 bridgehead atoms. The van der Waals surface area contributed by atoms with Gasteiger partial charge in [0.05, 0.1) is 23.0 Å². The lowest BCUT2D eigenvalue weighted by Gasteiger charge is -2.26. The third-order valence-corrected chi connectivity index (χ3v) is 5.02. The number of nitro benzene ring substituents is 1. The number of nitriles is 2. The van der Waals surface area contributed by atoms with Crippen molar-refractivity contribution in [2.75, 3.05) is 14.2 Å². The fraction of sp³-hybridized carbons (Fsp3) is 0.400. The van der Waals surface area contributed by atoms with Gasteiger partial charge in [0.25, 0.3) is 11.5 Å². The monoisotopic (exact) mass is 328 g/mol. The average Bonchev–Trinajstić information content (AvgIpc) is 3.17. The number of hydrogen-bond donors (Lipinski definition) is 2. The molecule has 24 heavy (non-hydrogen) atoms. The molecule has 0 amide bonds. The van der Waals surface area contributed by atoms with E-state index in [0.29, 0.717) is 0 Å². The zero-order valence-electron chi connectivity index (χ0n) is 12.9. The van der Waals surface area contributed by atoms with Crippen LogP contribution in [0.4, 0.5) is 5.69 Å². The highest BCUT2D eigenvalue weighted by Gasteiger charge is 2.97. The predicted molar refractivity (Wildman–Crippen MR) is 78.8 cm³/mol. The second-order valence-electron chi connectivity index (χ2n) is 5.65. The minimum Gasteiger partial charge on any atom is -0.317 e. The van der Waals surface area contributed by atoms with Crippen LogP contribution in [-0.2, 0) is 9.47 Å². The van der Waals surface area contributed by atoms with Crippen LogP contribution in [-0.4, -0.2) is 30.9 Å². The van der Waals surface area contributed by atoms with Crippen LogP contribution in [0.1, 0.15) is 11.5 Å². The van der Waals surface area contributed by atoms with Crippen LogP contribution in [0.2, 0.25) is 0 Å². The molecule has 3 N–H and O–H groups in total. The molecule has 1 fully saturated rings. The minimum absolute atomic E-state index is 0.00148. The van der Waals surface area contributed by atoms with Gasteiger partial charge in [0.1, 0.15) is 0 Å². The maximum Gasteiger partial charge on any atom is 0.342 e. The molecule has 3 rings (SSSR count). The Morgan fingerprint density at radius 1 is 1.29 bits per heavy atom. The summed E-state index contributed by atoms with van der Waals surface area (Å²) in [5.41, 5.74) is 3.03. The summed E-state index contributed by atoms with van der Waals surface area (Å²) in [7, 11) is 2.62. The molecular weight excluding hydrogens is 314 g/mol. The van der Waals surface area contributed by atoms with E-state index >= 15 is 0 Å².